The molecule has 0 aliphatic carbocycles. The van der Waals surface area contributed by atoms with Gasteiger partial charge in [-0.15, -0.1) is 35.7 Å². The summed E-state index contributed by atoms with van der Waals surface area (Å²) in [7, 11) is 3.89. The van der Waals surface area contributed by atoms with Crippen LogP contribution in [0, 0.1) is 37.6 Å². The van der Waals surface area contributed by atoms with Crippen LogP contribution in [0.2, 0.25) is 0 Å². The van der Waals surface area contributed by atoms with Crippen LogP contribution < -0.4 is 19.3 Å². The number of hydrogen-bond donors (Lipinski definition) is 0. The van der Waals surface area contributed by atoms with Crippen LogP contribution in [-0.2, 0) is 42.1 Å². The maximum atomic E-state index is 5.97. The van der Waals surface area contributed by atoms with Gasteiger partial charge in [-0.2, -0.15) is 25.5 Å². The summed E-state index contributed by atoms with van der Waals surface area (Å²) in [5.74, 6) is 1.77. The van der Waals surface area contributed by atoms with E-state index in [9.17, 15) is 0 Å². The van der Waals surface area contributed by atoms with E-state index in [1.807, 2.05) is 71.8 Å². The summed E-state index contributed by atoms with van der Waals surface area (Å²) in [6.07, 6.45) is 17.5. The van der Waals surface area contributed by atoms with E-state index in [1.165, 1.54) is 0 Å². The van der Waals surface area contributed by atoms with Crippen LogP contribution >= 0.6 is 0 Å². The van der Waals surface area contributed by atoms with Crippen molar-refractivity contribution in [1.29, 1.82) is 0 Å². The first-order valence-electron chi connectivity index (χ1n) is 11.5. The second kappa shape index (κ2) is 13.1. The van der Waals surface area contributed by atoms with Crippen molar-refractivity contribution in [1.82, 2.24) is 29.7 Å². The summed E-state index contributed by atoms with van der Waals surface area (Å²) in [4.78, 5) is 24.9. The zero-order valence-corrected chi connectivity index (χ0v) is 25.7. The van der Waals surface area contributed by atoms with Crippen LogP contribution in [0.5, 0.6) is 23.0 Å². The van der Waals surface area contributed by atoms with Crippen molar-refractivity contribution >= 4 is 11.4 Å². The van der Waals surface area contributed by atoms with E-state index in [2.05, 4.69) is 44.2 Å². The molecule has 40 heavy (non-hydrogen) atoms. The van der Waals surface area contributed by atoms with Gasteiger partial charge in [0.25, 0.3) is 0 Å². The molecule has 10 nitrogen and oxygen atoms in total. The molecule has 0 aromatic carbocycles. The van der Waals surface area contributed by atoms with E-state index >= 15 is 0 Å². The average Bonchev–Trinajstić information content (AvgIpc) is 3.58. The molecule has 0 unspecified atom stereocenters. The molecule has 0 atom stereocenters. The Labute approximate surface area is 261 Å². The van der Waals surface area contributed by atoms with E-state index in [1.54, 1.807) is 49.3 Å². The number of aromatic nitrogens is 4. The minimum atomic E-state index is 0. The molecule has 0 bridgehead atoms. The maximum Gasteiger partial charge on any atom is 0.0320 e. The van der Waals surface area contributed by atoms with E-state index in [4.69, 9.17) is 9.47 Å². The SMILES string of the molecule is CN1C=CN(c2[c-]c(Oc3[c-]c(-c4[c-]c(Oc5[c-]c(N6C=CN(C)[CH-]6)cnc5)ccn4)ncc3)cnc2)[CH-]1.[Pt].[Pt]. The molecule has 210 valence electrons. The molecule has 2 aliphatic rings. The number of ether oxygens (including phenoxy) is 2. The number of anilines is 2. The summed E-state index contributed by atoms with van der Waals surface area (Å²) in [6, 6.07) is 16.1. The van der Waals surface area contributed by atoms with Gasteiger partial charge in [-0.3, -0.25) is 0 Å². The minimum Gasteiger partial charge on any atom is -0.510 e. The first-order chi connectivity index (χ1) is 18.6. The molecule has 0 saturated heterocycles. The summed E-state index contributed by atoms with van der Waals surface area (Å²) >= 11 is 0. The summed E-state index contributed by atoms with van der Waals surface area (Å²) in [5, 5.41) is 0. The zero-order chi connectivity index (χ0) is 25.9. The van der Waals surface area contributed by atoms with Gasteiger partial charge in [0, 0.05) is 65.1 Å². The van der Waals surface area contributed by atoms with E-state index in [0.717, 1.165) is 11.4 Å². The smallest absolute Gasteiger partial charge is 0.0320 e. The second-order valence-electron chi connectivity index (χ2n) is 8.31. The van der Waals surface area contributed by atoms with Crippen LogP contribution in [0.1, 0.15) is 0 Å². The first kappa shape index (κ1) is 29.2. The van der Waals surface area contributed by atoms with Crippen molar-refractivity contribution in [3.8, 4) is 34.4 Å². The Kier molecular flexibility index (Phi) is 9.56. The zero-order valence-electron chi connectivity index (χ0n) is 21.1. The Morgan fingerprint density at radius 2 is 1.05 bits per heavy atom. The molecule has 12 heteroatoms. The van der Waals surface area contributed by atoms with Gasteiger partial charge >= 0.3 is 0 Å². The normalized spacial score (nSPS) is 13.8. The van der Waals surface area contributed by atoms with Crippen molar-refractivity contribution in [3.05, 3.63) is 112 Å². The van der Waals surface area contributed by atoms with Crippen molar-refractivity contribution in [2.24, 2.45) is 0 Å². The van der Waals surface area contributed by atoms with Gasteiger partial charge in [0.15, 0.2) is 0 Å². The van der Waals surface area contributed by atoms with Gasteiger partial charge in [0.2, 0.25) is 0 Å². The Bertz CT molecular complexity index is 1410. The molecule has 0 saturated carbocycles. The van der Waals surface area contributed by atoms with Crippen molar-refractivity contribution < 1.29 is 51.6 Å². The molecule has 0 N–H and O–H groups in total. The van der Waals surface area contributed by atoms with Gasteiger partial charge in [-0.1, -0.05) is 23.8 Å². The molecular formula is C28H20N8O2Pt2-6. The van der Waals surface area contributed by atoms with Crippen LogP contribution in [0.3, 0.4) is 0 Å². The fourth-order valence-electron chi connectivity index (χ4n) is 3.62. The van der Waals surface area contributed by atoms with E-state index in [0.29, 0.717) is 34.4 Å². The summed E-state index contributed by atoms with van der Waals surface area (Å²) in [5.41, 5.74) is 2.40. The first-order valence-corrected chi connectivity index (χ1v) is 11.5. The molecule has 6 rings (SSSR count). The third-order valence-corrected chi connectivity index (χ3v) is 5.38. The monoisotopic (exact) mass is 890 g/mol. The molecule has 4 aromatic rings. The number of pyridine rings is 4. The number of nitrogens with zero attached hydrogens (tertiary/aromatic N) is 8. The van der Waals surface area contributed by atoms with Gasteiger partial charge in [0.05, 0.1) is 0 Å². The predicted octanol–water partition coefficient (Wildman–Crippen LogP) is 4.40. The summed E-state index contributed by atoms with van der Waals surface area (Å²) < 4.78 is 11.9. The van der Waals surface area contributed by atoms with E-state index < -0.39 is 0 Å². The quantitative estimate of drug-likeness (QED) is 0.250. The largest absolute Gasteiger partial charge is 0.510 e. The molecule has 4 aromatic heterocycles. The van der Waals surface area contributed by atoms with Crippen LogP contribution in [-0.4, -0.2) is 43.8 Å². The predicted molar refractivity (Wildman–Crippen MR) is 139 cm³/mol. The van der Waals surface area contributed by atoms with Crippen LogP contribution in [0.25, 0.3) is 11.4 Å². The fourth-order valence-corrected chi connectivity index (χ4v) is 3.62. The van der Waals surface area contributed by atoms with Gasteiger partial charge in [-0.05, 0) is 63.7 Å². The van der Waals surface area contributed by atoms with E-state index in [-0.39, 0.29) is 42.1 Å². The van der Waals surface area contributed by atoms with Crippen molar-refractivity contribution in [2.75, 3.05) is 23.9 Å². The Hall–Kier alpha value is -3.74. The molecule has 6 heterocycles. The molecular weight excluding hydrogens is 871 g/mol. The number of rotatable bonds is 7. The third kappa shape index (κ3) is 6.87. The standard InChI is InChI=1S/C28H20N8O2.2Pt/c1-33-7-9-35(19-33)21-11-25(17-29-15-21)37-23-3-5-31-27(13-23)28-14-24(4-6-32-28)38-26-12-22(16-30-18-26)36-10-8-34(2)20-36;;/h3-10,15-20H,1-2H3;;/q-6;;. The minimum absolute atomic E-state index is 0. The average molecular weight is 891 g/mol. The molecule has 0 radical (unpaired) electrons. The third-order valence-electron chi connectivity index (χ3n) is 5.38. The van der Waals surface area contributed by atoms with Crippen molar-refractivity contribution in [3.63, 3.8) is 0 Å². The van der Waals surface area contributed by atoms with Crippen LogP contribution in [0.4, 0.5) is 11.4 Å². The van der Waals surface area contributed by atoms with Gasteiger partial charge in [0.1, 0.15) is 0 Å². The topological polar surface area (TPSA) is 83.0 Å². The van der Waals surface area contributed by atoms with Crippen LogP contribution in [0.15, 0.2) is 74.1 Å². The Morgan fingerprint density at radius 1 is 0.600 bits per heavy atom. The Morgan fingerprint density at radius 3 is 1.45 bits per heavy atom. The fraction of sp³-hybridized carbons (Fsp3) is 0.0714. The van der Waals surface area contributed by atoms with Gasteiger partial charge < -0.3 is 49.0 Å². The Balaban J connectivity index is 0.00000185. The number of hydrogen-bond acceptors (Lipinski definition) is 10. The molecule has 0 amide bonds. The van der Waals surface area contributed by atoms with Gasteiger partial charge in [-0.25, -0.2) is 0 Å². The van der Waals surface area contributed by atoms with Crippen molar-refractivity contribution in [2.45, 2.75) is 0 Å². The second-order valence-corrected chi connectivity index (χ2v) is 8.31. The molecule has 2 aliphatic heterocycles. The molecule has 0 spiro atoms. The maximum absolute atomic E-state index is 5.97. The summed E-state index contributed by atoms with van der Waals surface area (Å²) in [6.45, 7) is 3.82. The molecule has 0 fully saturated rings.